The largest absolute Gasteiger partial charge is 0.379 e. The van der Waals surface area contributed by atoms with Crippen molar-refractivity contribution >= 4 is 21.6 Å². The summed E-state index contributed by atoms with van der Waals surface area (Å²) in [7, 11) is -3.69. The highest BCUT2D eigenvalue weighted by atomic mass is 32.2. The SMILES string of the molecule is CC(=NNC(=O)c1cccc(S(=O)(=O)N2CCOCC2)c1)c1ccc(F)cc1. The molecule has 0 aliphatic carbocycles. The molecule has 148 valence electrons. The zero-order valence-electron chi connectivity index (χ0n) is 15.3. The van der Waals surface area contributed by atoms with Gasteiger partial charge in [0.15, 0.2) is 0 Å². The molecule has 0 saturated carbocycles. The molecular formula is C19H20FN3O4S. The second-order valence-electron chi connectivity index (χ2n) is 6.19. The summed E-state index contributed by atoms with van der Waals surface area (Å²) in [6, 6.07) is 11.5. The monoisotopic (exact) mass is 405 g/mol. The number of carbonyl (C=O) groups excluding carboxylic acids is 1. The summed E-state index contributed by atoms with van der Waals surface area (Å²) in [5.41, 5.74) is 3.72. The Morgan fingerprint density at radius 1 is 1.11 bits per heavy atom. The number of hydrogen-bond acceptors (Lipinski definition) is 5. The quantitative estimate of drug-likeness (QED) is 0.609. The minimum absolute atomic E-state index is 0.0429. The fourth-order valence-corrected chi connectivity index (χ4v) is 4.14. The Kier molecular flexibility index (Phi) is 6.18. The molecular weight excluding hydrogens is 385 g/mol. The normalized spacial score (nSPS) is 16.0. The number of carbonyl (C=O) groups is 1. The molecule has 9 heteroatoms. The third kappa shape index (κ3) is 4.61. The van der Waals surface area contributed by atoms with Crippen LogP contribution in [-0.4, -0.2) is 50.6 Å². The molecule has 0 atom stereocenters. The van der Waals surface area contributed by atoms with E-state index < -0.39 is 15.9 Å². The molecule has 1 N–H and O–H groups in total. The lowest BCUT2D eigenvalue weighted by atomic mass is 10.1. The van der Waals surface area contributed by atoms with Crippen LogP contribution in [0.2, 0.25) is 0 Å². The molecule has 0 spiro atoms. The van der Waals surface area contributed by atoms with Crippen LogP contribution in [0.3, 0.4) is 0 Å². The number of benzene rings is 2. The van der Waals surface area contributed by atoms with E-state index in [0.717, 1.165) is 0 Å². The molecule has 0 aromatic heterocycles. The summed E-state index contributed by atoms with van der Waals surface area (Å²) in [6.45, 7) is 2.92. The molecule has 1 heterocycles. The highest BCUT2D eigenvalue weighted by Gasteiger charge is 2.26. The predicted octanol–water partition coefficient (Wildman–Crippen LogP) is 2.00. The van der Waals surface area contributed by atoms with E-state index in [-0.39, 0.29) is 29.4 Å². The van der Waals surface area contributed by atoms with Crippen molar-refractivity contribution < 1.29 is 22.3 Å². The van der Waals surface area contributed by atoms with Gasteiger partial charge in [0.1, 0.15) is 5.82 Å². The Balaban J connectivity index is 1.75. The van der Waals surface area contributed by atoms with Crippen molar-refractivity contribution in [3.8, 4) is 0 Å². The lowest BCUT2D eigenvalue weighted by Gasteiger charge is -2.26. The van der Waals surface area contributed by atoms with E-state index in [9.17, 15) is 17.6 Å². The number of nitrogens with one attached hydrogen (secondary N) is 1. The van der Waals surface area contributed by atoms with Crippen molar-refractivity contribution in [2.45, 2.75) is 11.8 Å². The molecule has 0 bridgehead atoms. The number of sulfonamides is 1. The van der Waals surface area contributed by atoms with Gasteiger partial charge in [-0.25, -0.2) is 18.2 Å². The highest BCUT2D eigenvalue weighted by Crippen LogP contribution is 2.18. The standard InChI is InChI=1S/C19H20FN3O4S/c1-14(15-5-7-17(20)8-6-15)21-22-19(24)16-3-2-4-18(13-16)28(25,26)23-9-11-27-12-10-23/h2-8,13H,9-12H2,1H3,(H,22,24). The molecule has 1 saturated heterocycles. The maximum absolute atomic E-state index is 13.0. The highest BCUT2D eigenvalue weighted by molar-refractivity contribution is 7.89. The molecule has 2 aromatic rings. The molecule has 3 rings (SSSR count). The van der Waals surface area contributed by atoms with Gasteiger partial charge in [-0.2, -0.15) is 9.41 Å². The second kappa shape index (κ2) is 8.59. The van der Waals surface area contributed by atoms with Crippen LogP contribution < -0.4 is 5.43 Å². The van der Waals surface area contributed by atoms with Crippen LogP contribution >= 0.6 is 0 Å². The zero-order valence-corrected chi connectivity index (χ0v) is 16.1. The van der Waals surface area contributed by atoms with E-state index in [0.29, 0.717) is 24.5 Å². The first kappa shape index (κ1) is 20.1. The Hall–Kier alpha value is -2.62. The van der Waals surface area contributed by atoms with Crippen LogP contribution in [-0.2, 0) is 14.8 Å². The first-order valence-corrected chi connectivity index (χ1v) is 10.1. The number of morpholine rings is 1. The first-order valence-electron chi connectivity index (χ1n) is 8.66. The van der Waals surface area contributed by atoms with Crippen LogP contribution in [0.1, 0.15) is 22.8 Å². The third-order valence-corrected chi connectivity index (χ3v) is 6.19. The van der Waals surface area contributed by atoms with E-state index in [1.807, 2.05) is 0 Å². The van der Waals surface area contributed by atoms with Crippen molar-refractivity contribution in [2.24, 2.45) is 5.10 Å². The number of amides is 1. The molecule has 1 fully saturated rings. The van der Waals surface area contributed by atoms with Crippen LogP contribution in [0.15, 0.2) is 58.5 Å². The van der Waals surface area contributed by atoms with Crippen LogP contribution in [0, 0.1) is 5.82 Å². The number of hydrazone groups is 1. The maximum Gasteiger partial charge on any atom is 0.271 e. The van der Waals surface area contributed by atoms with Gasteiger partial charge in [-0.15, -0.1) is 0 Å². The molecule has 1 amide bonds. The maximum atomic E-state index is 13.0. The average Bonchev–Trinajstić information content (AvgIpc) is 2.73. The second-order valence-corrected chi connectivity index (χ2v) is 8.13. The topological polar surface area (TPSA) is 88.1 Å². The van der Waals surface area contributed by atoms with Crippen molar-refractivity contribution in [3.63, 3.8) is 0 Å². The Bertz CT molecular complexity index is 984. The molecule has 1 aliphatic rings. The van der Waals surface area contributed by atoms with Gasteiger partial charge in [0.25, 0.3) is 5.91 Å². The number of nitrogens with zero attached hydrogens (tertiary/aromatic N) is 2. The molecule has 28 heavy (non-hydrogen) atoms. The zero-order chi connectivity index (χ0) is 20.1. The van der Waals surface area contributed by atoms with E-state index in [4.69, 9.17) is 4.74 Å². The fourth-order valence-electron chi connectivity index (χ4n) is 2.69. The fraction of sp³-hybridized carbons (Fsp3) is 0.263. The smallest absolute Gasteiger partial charge is 0.271 e. The van der Waals surface area contributed by atoms with Gasteiger partial charge in [0.05, 0.1) is 23.8 Å². The van der Waals surface area contributed by atoms with Gasteiger partial charge in [-0.3, -0.25) is 4.79 Å². The Labute approximate surface area is 162 Å². The van der Waals surface area contributed by atoms with Crippen molar-refractivity contribution in [1.29, 1.82) is 0 Å². The molecule has 7 nitrogen and oxygen atoms in total. The Morgan fingerprint density at radius 3 is 2.46 bits per heavy atom. The van der Waals surface area contributed by atoms with Gasteiger partial charge in [0, 0.05) is 18.7 Å². The van der Waals surface area contributed by atoms with E-state index in [1.165, 1.54) is 40.7 Å². The summed E-state index contributed by atoms with van der Waals surface area (Å²) in [6.07, 6.45) is 0. The van der Waals surface area contributed by atoms with Crippen molar-refractivity contribution in [3.05, 3.63) is 65.5 Å². The summed E-state index contributed by atoms with van der Waals surface area (Å²) in [5, 5.41) is 4.00. The third-order valence-electron chi connectivity index (χ3n) is 4.29. The minimum atomic E-state index is -3.69. The van der Waals surface area contributed by atoms with Gasteiger partial charge in [0.2, 0.25) is 10.0 Å². The van der Waals surface area contributed by atoms with Crippen molar-refractivity contribution in [2.75, 3.05) is 26.3 Å². The van der Waals surface area contributed by atoms with E-state index in [1.54, 1.807) is 19.1 Å². The number of halogens is 1. The molecule has 2 aromatic carbocycles. The summed E-state index contributed by atoms with van der Waals surface area (Å²) >= 11 is 0. The van der Waals surface area contributed by atoms with E-state index in [2.05, 4.69) is 10.5 Å². The van der Waals surface area contributed by atoms with Gasteiger partial charge < -0.3 is 4.74 Å². The average molecular weight is 405 g/mol. The van der Waals surface area contributed by atoms with Crippen LogP contribution in [0.5, 0.6) is 0 Å². The van der Waals surface area contributed by atoms with Crippen LogP contribution in [0.25, 0.3) is 0 Å². The summed E-state index contributed by atoms with van der Waals surface area (Å²) in [5.74, 6) is -0.903. The van der Waals surface area contributed by atoms with Gasteiger partial charge >= 0.3 is 0 Å². The lowest BCUT2D eigenvalue weighted by Crippen LogP contribution is -2.40. The minimum Gasteiger partial charge on any atom is -0.379 e. The lowest BCUT2D eigenvalue weighted by molar-refractivity contribution is 0.0730. The van der Waals surface area contributed by atoms with Gasteiger partial charge in [-0.05, 0) is 42.8 Å². The van der Waals surface area contributed by atoms with Crippen molar-refractivity contribution in [1.82, 2.24) is 9.73 Å². The number of rotatable bonds is 5. The van der Waals surface area contributed by atoms with Gasteiger partial charge in [-0.1, -0.05) is 18.2 Å². The molecule has 1 aliphatic heterocycles. The summed E-state index contributed by atoms with van der Waals surface area (Å²) in [4.78, 5) is 12.4. The van der Waals surface area contributed by atoms with Crippen LogP contribution in [0.4, 0.5) is 4.39 Å². The predicted molar refractivity (Wildman–Crippen MR) is 102 cm³/mol. The number of ether oxygens (including phenoxy) is 1. The summed E-state index contributed by atoms with van der Waals surface area (Å²) < 4.78 is 44.9. The first-order chi connectivity index (χ1) is 13.4. The number of hydrogen-bond donors (Lipinski definition) is 1. The molecule has 0 unspecified atom stereocenters. The molecule has 0 radical (unpaired) electrons. The van der Waals surface area contributed by atoms with E-state index >= 15 is 0 Å². The Morgan fingerprint density at radius 2 is 1.79 bits per heavy atom.